The van der Waals surface area contributed by atoms with Crippen molar-refractivity contribution in [2.24, 2.45) is 0 Å². The van der Waals surface area contributed by atoms with Crippen LogP contribution in [0.3, 0.4) is 0 Å². The van der Waals surface area contributed by atoms with E-state index in [1.807, 2.05) is 44.2 Å². The number of nitrogens with zero attached hydrogens (tertiary/aromatic N) is 5. The molecule has 0 aliphatic carbocycles. The van der Waals surface area contributed by atoms with Crippen molar-refractivity contribution in [2.75, 3.05) is 49.2 Å². The predicted molar refractivity (Wildman–Crippen MR) is 178 cm³/mol. The van der Waals surface area contributed by atoms with E-state index in [9.17, 15) is 4.79 Å². The first-order chi connectivity index (χ1) is 21.8. The van der Waals surface area contributed by atoms with E-state index >= 15 is 0 Å². The van der Waals surface area contributed by atoms with Crippen LogP contribution in [-0.4, -0.2) is 59.8 Å². The summed E-state index contributed by atoms with van der Waals surface area (Å²) >= 11 is 12.6. The summed E-state index contributed by atoms with van der Waals surface area (Å²) in [5.74, 6) is -0.117. The highest BCUT2D eigenvalue weighted by Crippen LogP contribution is 2.41. The zero-order valence-corrected chi connectivity index (χ0v) is 27.4. The summed E-state index contributed by atoms with van der Waals surface area (Å²) in [4.78, 5) is 17.5. The monoisotopic (exact) mass is 651 g/mol. The standard InChI is InChI=1S/C34H39Cl2N5O4/c1-4-24(3)41-33(42)40(23-37-41)28-9-7-26(8-10-28)38-16-18-39(19-17-38)27-11-13-29(14-12-27)43-21-30-22-44-34(5-2,45-30)31-15-6-25(35)20-32(31)36/h6-15,20,23-24,30H,4-5,16-19,21-22H2,1-3H3/t24?,30?,34-/m0/s1. The van der Waals surface area contributed by atoms with Crippen LogP contribution < -0.4 is 20.2 Å². The van der Waals surface area contributed by atoms with Crippen molar-refractivity contribution in [3.05, 3.63) is 99.2 Å². The van der Waals surface area contributed by atoms with Gasteiger partial charge in [0.25, 0.3) is 0 Å². The number of aromatic nitrogens is 3. The second kappa shape index (κ2) is 13.5. The lowest BCUT2D eigenvalue weighted by Gasteiger charge is -2.37. The van der Waals surface area contributed by atoms with Gasteiger partial charge in [-0.2, -0.15) is 5.10 Å². The molecule has 2 aliphatic heterocycles. The largest absolute Gasteiger partial charge is 0.491 e. The molecule has 9 nitrogen and oxygen atoms in total. The molecule has 3 heterocycles. The van der Waals surface area contributed by atoms with Crippen LogP contribution in [0.2, 0.25) is 10.0 Å². The maximum Gasteiger partial charge on any atom is 0.350 e. The van der Waals surface area contributed by atoms with Crippen LogP contribution in [0.1, 0.15) is 45.2 Å². The first-order valence-corrected chi connectivity index (χ1v) is 16.3. The van der Waals surface area contributed by atoms with Crippen LogP contribution in [-0.2, 0) is 15.3 Å². The molecule has 45 heavy (non-hydrogen) atoms. The average Bonchev–Trinajstić information content (AvgIpc) is 3.68. The Kier molecular flexibility index (Phi) is 9.42. The zero-order valence-electron chi connectivity index (χ0n) is 25.9. The van der Waals surface area contributed by atoms with E-state index in [2.05, 4.69) is 46.1 Å². The SMILES string of the molecule is CCC(C)n1ncn(-c2ccc(N3CCN(c4ccc(OCC5CO[C@](CC)(c6ccc(Cl)cc6Cl)O5)cc4)CC3)cc2)c1=O. The number of rotatable bonds is 10. The summed E-state index contributed by atoms with van der Waals surface area (Å²) in [7, 11) is 0. The number of ether oxygens (including phenoxy) is 3. The Balaban J connectivity index is 0.998. The Morgan fingerprint density at radius 2 is 1.56 bits per heavy atom. The summed E-state index contributed by atoms with van der Waals surface area (Å²) in [5.41, 5.74) is 3.80. The molecule has 0 N–H and O–H groups in total. The molecule has 1 aromatic heterocycles. The van der Waals surface area contributed by atoms with Crippen molar-refractivity contribution < 1.29 is 14.2 Å². The number of benzene rings is 3. The van der Waals surface area contributed by atoms with Gasteiger partial charge in [-0.25, -0.2) is 14.0 Å². The van der Waals surface area contributed by atoms with Gasteiger partial charge in [-0.15, -0.1) is 0 Å². The summed E-state index contributed by atoms with van der Waals surface area (Å²) in [6, 6.07) is 21.8. The highest BCUT2D eigenvalue weighted by molar-refractivity contribution is 6.35. The quantitative estimate of drug-likeness (QED) is 0.189. The fraction of sp³-hybridized carbons (Fsp3) is 0.412. The lowest BCUT2D eigenvalue weighted by atomic mass is 10.0. The van der Waals surface area contributed by atoms with Gasteiger partial charge < -0.3 is 24.0 Å². The predicted octanol–water partition coefficient (Wildman–Crippen LogP) is 6.70. The Bertz CT molecular complexity index is 1650. The van der Waals surface area contributed by atoms with Gasteiger partial charge in [0.15, 0.2) is 5.79 Å². The molecule has 3 aromatic carbocycles. The van der Waals surface area contributed by atoms with Gasteiger partial charge in [0.05, 0.1) is 23.4 Å². The second-order valence-corrected chi connectivity index (χ2v) is 12.4. The third-order valence-corrected chi connectivity index (χ3v) is 9.33. The number of hydrogen-bond donors (Lipinski definition) is 0. The topological polar surface area (TPSA) is 74.0 Å². The van der Waals surface area contributed by atoms with Gasteiger partial charge in [0.1, 0.15) is 24.8 Å². The highest BCUT2D eigenvalue weighted by atomic mass is 35.5. The minimum atomic E-state index is -0.902. The normalized spacial score (nSPS) is 20.9. The van der Waals surface area contributed by atoms with Crippen molar-refractivity contribution in [3.63, 3.8) is 0 Å². The van der Waals surface area contributed by atoms with Gasteiger partial charge in [-0.1, -0.05) is 43.1 Å². The molecule has 0 amide bonds. The molecule has 2 unspecified atom stereocenters. The number of piperazine rings is 1. The Labute approximate surface area is 273 Å². The van der Waals surface area contributed by atoms with Gasteiger partial charge in [0, 0.05) is 54.6 Å². The van der Waals surface area contributed by atoms with E-state index in [-0.39, 0.29) is 17.8 Å². The van der Waals surface area contributed by atoms with Crippen LogP contribution in [0.25, 0.3) is 5.69 Å². The van der Waals surface area contributed by atoms with Gasteiger partial charge in [0.2, 0.25) is 0 Å². The Morgan fingerprint density at radius 3 is 2.16 bits per heavy atom. The maximum absolute atomic E-state index is 12.8. The molecule has 6 rings (SSSR count). The minimum Gasteiger partial charge on any atom is -0.491 e. The Hall–Kier alpha value is -3.50. The van der Waals surface area contributed by atoms with Crippen LogP contribution >= 0.6 is 23.2 Å². The molecular formula is C34H39Cl2N5O4. The number of hydrogen-bond acceptors (Lipinski definition) is 7. The van der Waals surface area contributed by atoms with Crippen molar-refractivity contribution >= 4 is 34.6 Å². The summed E-state index contributed by atoms with van der Waals surface area (Å²) in [5, 5.41) is 5.40. The van der Waals surface area contributed by atoms with Gasteiger partial charge in [-0.05, 0) is 74.0 Å². The van der Waals surface area contributed by atoms with E-state index in [0.29, 0.717) is 29.7 Å². The molecule has 2 aliphatic rings. The minimum absolute atomic E-state index is 0.0723. The van der Waals surface area contributed by atoms with Crippen molar-refractivity contribution in [2.45, 2.75) is 51.5 Å². The fourth-order valence-electron chi connectivity index (χ4n) is 5.92. The van der Waals surface area contributed by atoms with E-state index in [1.165, 1.54) is 0 Å². The van der Waals surface area contributed by atoms with Crippen molar-refractivity contribution in [3.8, 4) is 11.4 Å². The molecular weight excluding hydrogens is 613 g/mol. The van der Waals surface area contributed by atoms with E-state index in [1.54, 1.807) is 27.7 Å². The van der Waals surface area contributed by atoms with E-state index in [0.717, 1.165) is 61.0 Å². The van der Waals surface area contributed by atoms with E-state index < -0.39 is 5.79 Å². The van der Waals surface area contributed by atoms with Gasteiger partial charge in [-0.3, -0.25) is 0 Å². The third kappa shape index (κ3) is 6.58. The molecule has 4 aromatic rings. The fourth-order valence-corrected chi connectivity index (χ4v) is 6.47. The first kappa shape index (κ1) is 31.5. The molecule has 0 bridgehead atoms. The molecule has 11 heteroatoms. The van der Waals surface area contributed by atoms with Crippen LogP contribution in [0.5, 0.6) is 5.75 Å². The Morgan fingerprint density at radius 1 is 0.933 bits per heavy atom. The van der Waals surface area contributed by atoms with E-state index in [4.69, 9.17) is 37.4 Å². The summed E-state index contributed by atoms with van der Waals surface area (Å²) in [6.07, 6.45) is 2.85. The summed E-state index contributed by atoms with van der Waals surface area (Å²) in [6.45, 7) is 10.5. The van der Waals surface area contributed by atoms with Crippen LogP contribution in [0.15, 0.2) is 77.9 Å². The third-order valence-electron chi connectivity index (χ3n) is 8.78. The average molecular weight is 653 g/mol. The number of anilines is 2. The number of halogens is 2. The second-order valence-electron chi connectivity index (χ2n) is 11.6. The molecule has 238 valence electrons. The summed E-state index contributed by atoms with van der Waals surface area (Å²) < 4.78 is 21.7. The molecule has 0 spiro atoms. The molecule has 0 saturated carbocycles. The highest BCUT2D eigenvalue weighted by Gasteiger charge is 2.43. The van der Waals surface area contributed by atoms with Crippen LogP contribution in [0.4, 0.5) is 11.4 Å². The molecule has 2 fully saturated rings. The first-order valence-electron chi connectivity index (χ1n) is 15.6. The van der Waals surface area contributed by atoms with Crippen LogP contribution in [0, 0.1) is 0 Å². The zero-order chi connectivity index (χ0) is 31.6. The lowest BCUT2D eigenvalue weighted by Crippen LogP contribution is -2.46. The molecule has 2 saturated heterocycles. The lowest BCUT2D eigenvalue weighted by molar-refractivity contribution is -0.181. The van der Waals surface area contributed by atoms with Crippen molar-refractivity contribution in [1.82, 2.24) is 14.3 Å². The van der Waals surface area contributed by atoms with Crippen molar-refractivity contribution in [1.29, 1.82) is 0 Å². The smallest absolute Gasteiger partial charge is 0.350 e. The van der Waals surface area contributed by atoms with Gasteiger partial charge >= 0.3 is 5.69 Å². The molecule has 0 radical (unpaired) electrons. The molecule has 3 atom stereocenters. The maximum atomic E-state index is 12.8.